The van der Waals surface area contributed by atoms with Gasteiger partial charge in [0.1, 0.15) is 23.5 Å². The summed E-state index contributed by atoms with van der Waals surface area (Å²) in [7, 11) is 0. The SMILES string of the molecule is O=C1c2cc(N3CCN(CCCC4(C(=O)NCC(F)(F)F)c5ccccc5Oc5ccccc54)CC3)ccc2CN1Cc1ccccc1. The van der Waals surface area contributed by atoms with Gasteiger partial charge in [0.2, 0.25) is 5.91 Å². The molecule has 3 aliphatic heterocycles. The maximum Gasteiger partial charge on any atom is 0.405 e. The van der Waals surface area contributed by atoms with E-state index in [0.29, 0.717) is 55.1 Å². The second-order valence-corrected chi connectivity index (χ2v) is 12.7. The molecule has 248 valence electrons. The number of benzene rings is 4. The lowest BCUT2D eigenvalue weighted by Crippen LogP contribution is -2.50. The Morgan fingerprint density at radius 1 is 0.833 bits per heavy atom. The first-order valence-electron chi connectivity index (χ1n) is 16.4. The van der Waals surface area contributed by atoms with Gasteiger partial charge in [-0.3, -0.25) is 14.5 Å². The van der Waals surface area contributed by atoms with Gasteiger partial charge in [0.25, 0.3) is 5.91 Å². The third kappa shape index (κ3) is 6.24. The van der Waals surface area contributed by atoms with Gasteiger partial charge in [-0.05, 0) is 54.8 Å². The fraction of sp³-hybridized carbons (Fsp3) is 0.316. The van der Waals surface area contributed by atoms with Gasteiger partial charge >= 0.3 is 6.18 Å². The molecule has 0 unspecified atom stereocenters. The van der Waals surface area contributed by atoms with Crippen LogP contribution in [-0.2, 0) is 23.3 Å². The molecule has 3 heterocycles. The van der Waals surface area contributed by atoms with Crippen molar-refractivity contribution in [2.24, 2.45) is 0 Å². The van der Waals surface area contributed by atoms with Crippen LogP contribution >= 0.6 is 0 Å². The van der Waals surface area contributed by atoms with Crippen molar-refractivity contribution in [1.82, 2.24) is 15.1 Å². The summed E-state index contributed by atoms with van der Waals surface area (Å²) in [4.78, 5) is 33.6. The summed E-state index contributed by atoms with van der Waals surface area (Å²) in [6, 6.07) is 30.4. The Labute approximate surface area is 277 Å². The fourth-order valence-electron chi connectivity index (χ4n) is 7.31. The Balaban J connectivity index is 1.02. The van der Waals surface area contributed by atoms with Crippen LogP contribution in [0.4, 0.5) is 18.9 Å². The Morgan fingerprint density at radius 2 is 1.48 bits per heavy atom. The zero-order valence-electron chi connectivity index (χ0n) is 26.5. The summed E-state index contributed by atoms with van der Waals surface area (Å²) < 4.78 is 45.9. The Kier molecular flexibility index (Phi) is 8.60. The van der Waals surface area contributed by atoms with Crippen molar-refractivity contribution >= 4 is 17.5 Å². The normalized spacial score (nSPS) is 16.9. The molecule has 0 aromatic heterocycles. The smallest absolute Gasteiger partial charge is 0.405 e. The van der Waals surface area contributed by atoms with Crippen molar-refractivity contribution in [2.45, 2.75) is 37.5 Å². The van der Waals surface area contributed by atoms with Crippen molar-refractivity contribution in [1.29, 1.82) is 0 Å². The Hall–Kier alpha value is -4.83. The molecule has 7 nitrogen and oxygen atoms in total. The first-order chi connectivity index (χ1) is 23.2. The van der Waals surface area contributed by atoms with Crippen LogP contribution in [0.25, 0.3) is 0 Å². The molecule has 0 radical (unpaired) electrons. The molecule has 1 fully saturated rings. The number of para-hydroxylation sites is 2. The molecule has 3 aliphatic rings. The lowest BCUT2D eigenvalue weighted by molar-refractivity contribution is -0.141. The lowest BCUT2D eigenvalue weighted by Gasteiger charge is -2.40. The van der Waals surface area contributed by atoms with Crippen LogP contribution in [-0.4, -0.2) is 67.1 Å². The highest BCUT2D eigenvalue weighted by Crippen LogP contribution is 2.50. The second kappa shape index (κ2) is 13.0. The predicted molar refractivity (Wildman–Crippen MR) is 177 cm³/mol. The summed E-state index contributed by atoms with van der Waals surface area (Å²) in [6.07, 6.45) is -3.62. The molecule has 4 aromatic carbocycles. The molecule has 0 atom stereocenters. The van der Waals surface area contributed by atoms with Crippen LogP contribution in [0, 0.1) is 0 Å². The van der Waals surface area contributed by atoms with E-state index in [0.717, 1.165) is 48.6 Å². The van der Waals surface area contributed by atoms with Crippen LogP contribution in [0.3, 0.4) is 0 Å². The molecule has 10 heteroatoms. The first-order valence-corrected chi connectivity index (χ1v) is 16.4. The van der Waals surface area contributed by atoms with Crippen molar-refractivity contribution in [3.05, 3.63) is 125 Å². The molecule has 0 spiro atoms. The van der Waals surface area contributed by atoms with Crippen molar-refractivity contribution in [3.63, 3.8) is 0 Å². The minimum Gasteiger partial charge on any atom is -0.457 e. The van der Waals surface area contributed by atoms with Gasteiger partial charge in [0.05, 0.1) is 0 Å². The van der Waals surface area contributed by atoms with E-state index in [1.54, 1.807) is 48.5 Å². The van der Waals surface area contributed by atoms with Crippen LogP contribution in [0.1, 0.15) is 45.5 Å². The number of nitrogens with zero attached hydrogens (tertiary/aromatic N) is 3. The van der Waals surface area contributed by atoms with E-state index in [-0.39, 0.29) is 5.91 Å². The van der Waals surface area contributed by atoms with E-state index < -0.39 is 24.0 Å². The molecule has 0 saturated carbocycles. The first kappa shape index (κ1) is 31.8. The third-order valence-electron chi connectivity index (χ3n) is 9.70. The van der Waals surface area contributed by atoms with E-state index in [9.17, 15) is 22.8 Å². The molecule has 1 saturated heterocycles. The van der Waals surface area contributed by atoms with Gasteiger partial charge < -0.3 is 19.9 Å². The number of carbonyl (C=O) groups is 2. The number of amides is 2. The third-order valence-corrected chi connectivity index (χ3v) is 9.70. The highest BCUT2D eigenvalue weighted by molar-refractivity contribution is 5.99. The number of piperazine rings is 1. The number of ether oxygens (including phenoxy) is 1. The number of halogens is 3. The largest absolute Gasteiger partial charge is 0.457 e. The lowest BCUT2D eigenvalue weighted by atomic mass is 9.68. The van der Waals surface area contributed by atoms with Crippen LogP contribution in [0.5, 0.6) is 11.5 Å². The predicted octanol–water partition coefficient (Wildman–Crippen LogP) is 6.52. The van der Waals surface area contributed by atoms with Gasteiger partial charge in [0.15, 0.2) is 0 Å². The number of carbonyl (C=O) groups excluding carboxylic acids is 2. The summed E-state index contributed by atoms with van der Waals surface area (Å²) in [5, 5.41) is 2.20. The van der Waals surface area contributed by atoms with E-state index >= 15 is 0 Å². The summed E-state index contributed by atoms with van der Waals surface area (Å²) in [5.74, 6) is 0.325. The minimum atomic E-state index is -4.53. The molecular weight excluding hydrogens is 617 g/mol. The van der Waals surface area contributed by atoms with E-state index in [1.165, 1.54) is 0 Å². The highest BCUT2D eigenvalue weighted by Gasteiger charge is 2.48. The second-order valence-electron chi connectivity index (χ2n) is 12.7. The highest BCUT2D eigenvalue weighted by atomic mass is 19.4. The van der Waals surface area contributed by atoms with Gasteiger partial charge in [-0.2, -0.15) is 13.2 Å². The monoisotopic (exact) mass is 654 g/mol. The summed E-state index contributed by atoms with van der Waals surface area (Å²) >= 11 is 0. The minimum absolute atomic E-state index is 0.0544. The number of anilines is 1. The van der Waals surface area contributed by atoms with Crippen LogP contribution in [0.2, 0.25) is 0 Å². The molecule has 48 heavy (non-hydrogen) atoms. The number of hydrogen-bond acceptors (Lipinski definition) is 5. The molecular formula is C38H37F3N4O3. The van der Waals surface area contributed by atoms with E-state index in [2.05, 4.69) is 27.2 Å². The van der Waals surface area contributed by atoms with Crippen LogP contribution in [0.15, 0.2) is 97.1 Å². The van der Waals surface area contributed by atoms with Gasteiger partial charge in [-0.15, -0.1) is 0 Å². The van der Waals surface area contributed by atoms with Gasteiger partial charge in [0, 0.05) is 61.6 Å². The van der Waals surface area contributed by atoms with Crippen molar-refractivity contribution in [3.8, 4) is 11.5 Å². The summed E-state index contributed by atoms with van der Waals surface area (Å²) in [5.41, 5.74) is 3.75. The average molecular weight is 655 g/mol. The molecule has 1 N–H and O–H groups in total. The van der Waals surface area contributed by atoms with Gasteiger partial charge in [-0.1, -0.05) is 72.8 Å². The Morgan fingerprint density at radius 3 is 2.15 bits per heavy atom. The quantitative estimate of drug-likeness (QED) is 0.223. The molecule has 2 amide bonds. The molecule has 0 aliphatic carbocycles. The van der Waals surface area contributed by atoms with Crippen LogP contribution < -0.4 is 15.0 Å². The number of nitrogens with one attached hydrogen (secondary N) is 1. The van der Waals surface area contributed by atoms with E-state index in [4.69, 9.17) is 4.74 Å². The van der Waals surface area contributed by atoms with E-state index in [1.807, 2.05) is 41.3 Å². The number of rotatable bonds is 9. The average Bonchev–Trinajstić information content (AvgIpc) is 3.40. The zero-order chi connectivity index (χ0) is 33.3. The number of alkyl halides is 3. The molecule has 0 bridgehead atoms. The maximum atomic E-state index is 13.9. The topological polar surface area (TPSA) is 65.1 Å². The molecule has 7 rings (SSSR count). The maximum absolute atomic E-state index is 13.9. The van der Waals surface area contributed by atoms with Crippen molar-refractivity contribution in [2.75, 3.05) is 44.2 Å². The molecule has 4 aromatic rings. The van der Waals surface area contributed by atoms with Gasteiger partial charge in [-0.25, -0.2) is 0 Å². The van der Waals surface area contributed by atoms with Crippen molar-refractivity contribution < 1.29 is 27.5 Å². The number of fused-ring (bicyclic) bond motifs is 3. The standard InChI is InChI=1S/C38H37F3N4O3/c39-38(40,41)26-42-36(47)37(31-11-4-6-13-33(31)48-34-14-7-5-12-32(34)37)17-8-18-43-19-21-44(22-20-43)29-16-15-28-25-45(35(46)30(28)23-29)24-27-9-2-1-3-10-27/h1-7,9-16,23H,8,17-22,24-26H2,(H,42,47). The summed E-state index contributed by atoms with van der Waals surface area (Å²) in [6.45, 7) is 3.59. The fourth-order valence-corrected chi connectivity index (χ4v) is 7.31. The zero-order valence-corrected chi connectivity index (χ0v) is 26.5. The Bertz CT molecular complexity index is 1760. The number of hydrogen-bond donors (Lipinski definition) is 1.